The number of aryl methyl sites for hydroxylation is 1. The van der Waals surface area contributed by atoms with Gasteiger partial charge in [0.25, 0.3) is 0 Å². The number of benzene rings is 2. The van der Waals surface area contributed by atoms with E-state index in [2.05, 4.69) is 15.5 Å². The van der Waals surface area contributed by atoms with Crippen molar-refractivity contribution in [2.75, 3.05) is 26.0 Å². The third kappa shape index (κ3) is 5.51. The van der Waals surface area contributed by atoms with Crippen molar-refractivity contribution in [3.63, 3.8) is 0 Å². The van der Waals surface area contributed by atoms with Crippen LogP contribution in [0.25, 0.3) is 17.1 Å². The molecule has 29 heavy (non-hydrogen) atoms. The second-order valence-electron chi connectivity index (χ2n) is 6.24. The highest BCUT2D eigenvalue weighted by Gasteiger charge is 2.18. The summed E-state index contributed by atoms with van der Waals surface area (Å²) >= 11 is 13.6. The quantitative estimate of drug-likeness (QED) is 0.406. The van der Waals surface area contributed by atoms with Gasteiger partial charge in [0.05, 0.1) is 28.1 Å². The van der Waals surface area contributed by atoms with Crippen LogP contribution in [0.5, 0.6) is 0 Å². The van der Waals surface area contributed by atoms with E-state index in [-0.39, 0.29) is 11.7 Å². The highest BCUT2D eigenvalue weighted by Crippen LogP contribution is 2.31. The fourth-order valence-corrected chi connectivity index (χ4v) is 3.66. The predicted molar refractivity (Wildman–Crippen MR) is 117 cm³/mol. The van der Waals surface area contributed by atoms with E-state index in [9.17, 15) is 4.79 Å². The first-order valence-corrected chi connectivity index (χ1v) is 10.6. The average Bonchev–Trinajstić information content (AvgIpc) is 3.13. The van der Waals surface area contributed by atoms with Gasteiger partial charge in [0.15, 0.2) is 11.0 Å². The van der Waals surface area contributed by atoms with Crippen LogP contribution in [0.4, 0.5) is 0 Å². The first kappa shape index (κ1) is 21.6. The maximum absolute atomic E-state index is 12.1. The van der Waals surface area contributed by atoms with Gasteiger partial charge in [0.1, 0.15) is 0 Å². The van der Waals surface area contributed by atoms with Gasteiger partial charge >= 0.3 is 0 Å². The third-order valence-corrected chi connectivity index (χ3v) is 5.73. The molecule has 0 spiro atoms. The van der Waals surface area contributed by atoms with Gasteiger partial charge in [-0.3, -0.25) is 9.36 Å². The number of hydrogen-bond donors (Lipinski definition) is 1. The van der Waals surface area contributed by atoms with Crippen molar-refractivity contribution in [3.8, 4) is 17.1 Å². The smallest absolute Gasteiger partial charge is 0.230 e. The summed E-state index contributed by atoms with van der Waals surface area (Å²) in [4.78, 5) is 12.1. The van der Waals surface area contributed by atoms with E-state index in [1.165, 1.54) is 11.8 Å². The standard InChI is InChI=1S/C20H20Cl2N4O2S/c1-13-3-5-14(6-4-13)19-24-25-20(29-12-18(27)23-9-10-28-2)26(19)15-7-8-16(21)17(22)11-15/h3-8,11H,9-10,12H2,1-2H3,(H,23,27). The van der Waals surface area contributed by atoms with E-state index in [0.29, 0.717) is 34.2 Å². The Labute approximate surface area is 183 Å². The Hall–Kier alpha value is -2.06. The Morgan fingerprint density at radius 2 is 1.90 bits per heavy atom. The van der Waals surface area contributed by atoms with Crippen LogP contribution in [0.1, 0.15) is 5.56 Å². The lowest BCUT2D eigenvalue weighted by molar-refractivity contribution is -0.118. The van der Waals surface area contributed by atoms with Crippen LogP contribution in [0.2, 0.25) is 10.0 Å². The SMILES string of the molecule is COCCNC(=O)CSc1nnc(-c2ccc(C)cc2)n1-c1ccc(Cl)c(Cl)c1. The Morgan fingerprint density at radius 1 is 1.14 bits per heavy atom. The summed E-state index contributed by atoms with van der Waals surface area (Å²) in [6.07, 6.45) is 0. The highest BCUT2D eigenvalue weighted by atomic mass is 35.5. The molecule has 1 amide bonds. The lowest BCUT2D eigenvalue weighted by Gasteiger charge is -2.11. The van der Waals surface area contributed by atoms with E-state index in [4.69, 9.17) is 27.9 Å². The normalized spacial score (nSPS) is 10.9. The summed E-state index contributed by atoms with van der Waals surface area (Å²) in [5.41, 5.74) is 2.82. The number of amides is 1. The zero-order valence-corrected chi connectivity index (χ0v) is 18.3. The number of ether oxygens (including phenoxy) is 1. The van der Waals surface area contributed by atoms with Gasteiger partial charge in [-0.25, -0.2) is 0 Å². The minimum atomic E-state index is -0.104. The summed E-state index contributed by atoms with van der Waals surface area (Å²) < 4.78 is 6.82. The minimum Gasteiger partial charge on any atom is -0.383 e. The van der Waals surface area contributed by atoms with E-state index in [0.717, 1.165) is 16.8 Å². The van der Waals surface area contributed by atoms with E-state index in [1.54, 1.807) is 19.2 Å². The first-order chi connectivity index (χ1) is 14.0. The Bertz CT molecular complexity index is 993. The molecule has 3 aromatic rings. The molecule has 0 saturated carbocycles. The van der Waals surface area contributed by atoms with Crippen molar-refractivity contribution in [3.05, 3.63) is 58.1 Å². The van der Waals surface area contributed by atoms with Crippen LogP contribution in [-0.2, 0) is 9.53 Å². The van der Waals surface area contributed by atoms with Gasteiger partial charge in [-0.1, -0.05) is 64.8 Å². The third-order valence-electron chi connectivity index (χ3n) is 4.07. The largest absolute Gasteiger partial charge is 0.383 e. The number of nitrogens with one attached hydrogen (secondary N) is 1. The molecule has 0 saturated heterocycles. The predicted octanol–water partition coefficient (Wildman–Crippen LogP) is 4.40. The van der Waals surface area contributed by atoms with Gasteiger partial charge in [-0.05, 0) is 25.1 Å². The van der Waals surface area contributed by atoms with Crippen molar-refractivity contribution < 1.29 is 9.53 Å². The maximum atomic E-state index is 12.1. The second kappa shape index (κ2) is 10.1. The lowest BCUT2D eigenvalue weighted by Crippen LogP contribution is -2.28. The summed E-state index contributed by atoms with van der Waals surface area (Å²) in [5, 5.41) is 12.9. The topological polar surface area (TPSA) is 69.0 Å². The zero-order chi connectivity index (χ0) is 20.8. The summed E-state index contributed by atoms with van der Waals surface area (Å²) in [6.45, 7) is 2.95. The Balaban J connectivity index is 1.93. The molecule has 1 heterocycles. The number of hydrogen-bond acceptors (Lipinski definition) is 5. The summed E-state index contributed by atoms with van der Waals surface area (Å²) in [6, 6.07) is 13.3. The number of nitrogens with zero attached hydrogens (tertiary/aromatic N) is 3. The molecule has 0 bridgehead atoms. The molecule has 0 atom stereocenters. The van der Waals surface area contributed by atoms with Crippen LogP contribution in [-0.4, -0.2) is 46.7 Å². The van der Waals surface area contributed by atoms with Crippen LogP contribution >= 0.6 is 35.0 Å². The van der Waals surface area contributed by atoms with Gasteiger partial charge < -0.3 is 10.1 Å². The molecular formula is C20H20Cl2N4O2S. The molecule has 0 aliphatic rings. The minimum absolute atomic E-state index is 0.104. The van der Waals surface area contributed by atoms with Gasteiger partial charge in [-0.2, -0.15) is 0 Å². The number of halogens is 2. The lowest BCUT2D eigenvalue weighted by atomic mass is 10.1. The van der Waals surface area contributed by atoms with E-state index in [1.807, 2.05) is 41.8 Å². The number of rotatable bonds is 8. The fourth-order valence-electron chi connectivity index (χ4n) is 2.58. The molecule has 1 N–H and O–H groups in total. The zero-order valence-electron chi connectivity index (χ0n) is 16.0. The van der Waals surface area contributed by atoms with Crippen LogP contribution in [0.3, 0.4) is 0 Å². The molecule has 0 aliphatic heterocycles. The second-order valence-corrected chi connectivity index (χ2v) is 7.99. The van der Waals surface area contributed by atoms with Crippen molar-refractivity contribution in [2.24, 2.45) is 0 Å². The number of carbonyl (C=O) groups excluding carboxylic acids is 1. The van der Waals surface area contributed by atoms with Gasteiger partial charge in [0, 0.05) is 19.2 Å². The molecule has 6 nitrogen and oxygen atoms in total. The molecule has 0 fully saturated rings. The van der Waals surface area contributed by atoms with E-state index < -0.39 is 0 Å². The fraction of sp³-hybridized carbons (Fsp3) is 0.250. The van der Waals surface area contributed by atoms with Crippen molar-refractivity contribution in [1.29, 1.82) is 0 Å². The number of aromatic nitrogens is 3. The number of thioether (sulfide) groups is 1. The Kier molecular flexibility index (Phi) is 7.55. The molecule has 152 valence electrons. The monoisotopic (exact) mass is 450 g/mol. The highest BCUT2D eigenvalue weighted by molar-refractivity contribution is 7.99. The molecule has 0 aliphatic carbocycles. The molecule has 1 aromatic heterocycles. The van der Waals surface area contributed by atoms with Gasteiger partial charge in [-0.15, -0.1) is 10.2 Å². The molecule has 9 heteroatoms. The van der Waals surface area contributed by atoms with E-state index >= 15 is 0 Å². The van der Waals surface area contributed by atoms with Crippen LogP contribution < -0.4 is 5.32 Å². The average molecular weight is 451 g/mol. The van der Waals surface area contributed by atoms with Crippen LogP contribution in [0.15, 0.2) is 47.6 Å². The van der Waals surface area contributed by atoms with Crippen molar-refractivity contribution >= 4 is 40.9 Å². The first-order valence-electron chi connectivity index (χ1n) is 8.86. The summed E-state index contributed by atoms with van der Waals surface area (Å²) in [5.74, 6) is 0.759. The van der Waals surface area contributed by atoms with Crippen molar-refractivity contribution in [1.82, 2.24) is 20.1 Å². The molecule has 0 radical (unpaired) electrons. The molecule has 3 rings (SSSR count). The maximum Gasteiger partial charge on any atom is 0.230 e. The number of methoxy groups -OCH3 is 1. The van der Waals surface area contributed by atoms with Gasteiger partial charge in [0.2, 0.25) is 5.91 Å². The van der Waals surface area contributed by atoms with Crippen molar-refractivity contribution in [2.45, 2.75) is 12.1 Å². The van der Waals surface area contributed by atoms with Crippen LogP contribution in [0, 0.1) is 6.92 Å². The summed E-state index contributed by atoms with van der Waals surface area (Å²) in [7, 11) is 1.59. The molecular weight excluding hydrogens is 431 g/mol. The molecule has 0 unspecified atom stereocenters. The number of carbonyl (C=O) groups is 1. The molecule has 2 aromatic carbocycles. The Morgan fingerprint density at radius 3 is 2.59 bits per heavy atom.